The molecule has 2 atom stereocenters. The largest absolute Gasteiger partial charge is 0.374 e. The van der Waals surface area contributed by atoms with E-state index in [0.717, 1.165) is 24.1 Å². The van der Waals surface area contributed by atoms with Crippen molar-refractivity contribution in [3.8, 4) is 6.07 Å². The highest BCUT2D eigenvalue weighted by Crippen LogP contribution is 2.63. The van der Waals surface area contributed by atoms with Crippen molar-refractivity contribution in [1.29, 1.82) is 10.7 Å². The summed E-state index contributed by atoms with van der Waals surface area (Å²) in [7, 11) is 0. The van der Waals surface area contributed by atoms with Crippen LogP contribution in [0.4, 0.5) is 0 Å². The Morgan fingerprint density at radius 3 is 2.09 bits per heavy atom. The van der Waals surface area contributed by atoms with E-state index in [0.29, 0.717) is 5.71 Å². The molecule has 1 aromatic rings. The van der Waals surface area contributed by atoms with Crippen LogP contribution in [0.1, 0.15) is 104 Å². The fourth-order valence-corrected chi connectivity index (χ4v) is 6.78. The summed E-state index contributed by atoms with van der Waals surface area (Å²) in [4.78, 5) is 0. The molecule has 0 saturated carbocycles. The van der Waals surface area contributed by atoms with Crippen LogP contribution in [0, 0.1) is 33.5 Å². The molecule has 33 heavy (non-hydrogen) atoms. The zero-order chi connectivity index (χ0) is 24.8. The first-order valence-corrected chi connectivity index (χ1v) is 12.5. The standard InChI is InChI=1S/C30H41N3/c1-11-20-18(25(32)26(3,4)17-31)13-14-24-19-15-22-23(16-21(19)30(20,12-2)33-24)28(7,8)29(9,10)27(22,5)6/h13-16,20,32-33H,11-12H2,1-10H3. The molecule has 2 heterocycles. The van der Waals surface area contributed by atoms with Gasteiger partial charge in [0.05, 0.1) is 22.7 Å². The molecule has 4 rings (SSSR count). The number of nitrogens with zero attached hydrogens (tertiary/aromatic N) is 1. The van der Waals surface area contributed by atoms with Crippen LogP contribution in [0.25, 0.3) is 5.70 Å². The predicted octanol–water partition coefficient (Wildman–Crippen LogP) is 7.37. The van der Waals surface area contributed by atoms with Gasteiger partial charge in [0.15, 0.2) is 0 Å². The number of nitrogens with one attached hydrogen (secondary N) is 2. The summed E-state index contributed by atoms with van der Waals surface area (Å²) < 4.78 is 0. The third-order valence-electron chi connectivity index (χ3n) is 10.3. The van der Waals surface area contributed by atoms with Crippen molar-refractivity contribution in [1.82, 2.24) is 5.32 Å². The molecular weight excluding hydrogens is 402 g/mol. The average molecular weight is 444 g/mol. The van der Waals surface area contributed by atoms with Gasteiger partial charge in [-0.25, -0.2) is 0 Å². The van der Waals surface area contributed by atoms with Crippen molar-refractivity contribution in [2.75, 3.05) is 0 Å². The van der Waals surface area contributed by atoms with Crippen molar-refractivity contribution < 1.29 is 0 Å². The molecule has 0 amide bonds. The van der Waals surface area contributed by atoms with Gasteiger partial charge in [-0.15, -0.1) is 0 Å². The van der Waals surface area contributed by atoms with Gasteiger partial charge < -0.3 is 10.7 Å². The summed E-state index contributed by atoms with van der Waals surface area (Å²) in [5, 5.41) is 22.7. The molecule has 0 spiro atoms. The van der Waals surface area contributed by atoms with E-state index in [4.69, 9.17) is 5.41 Å². The molecule has 3 aliphatic rings. The minimum absolute atomic E-state index is 0.0484. The van der Waals surface area contributed by atoms with E-state index in [1.807, 2.05) is 13.8 Å². The van der Waals surface area contributed by atoms with Crippen LogP contribution < -0.4 is 5.32 Å². The van der Waals surface area contributed by atoms with E-state index >= 15 is 0 Å². The lowest BCUT2D eigenvalue weighted by Crippen LogP contribution is -2.45. The normalized spacial score (nSPS) is 28.0. The smallest absolute Gasteiger partial charge is 0.0933 e. The Kier molecular flexibility index (Phi) is 4.94. The molecular formula is C30H41N3. The van der Waals surface area contributed by atoms with Crippen LogP contribution in [0.5, 0.6) is 0 Å². The maximum Gasteiger partial charge on any atom is 0.0933 e. The van der Waals surface area contributed by atoms with E-state index in [-0.39, 0.29) is 27.7 Å². The van der Waals surface area contributed by atoms with E-state index in [2.05, 4.69) is 91.1 Å². The Labute approximate surface area is 200 Å². The first-order chi connectivity index (χ1) is 15.1. The Bertz CT molecular complexity index is 1150. The number of hydrogen-bond acceptors (Lipinski definition) is 3. The summed E-state index contributed by atoms with van der Waals surface area (Å²) in [6.07, 6.45) is 6.12. The third-order valence-corrected chi connectivity index (χ3v) is 10.3. The van der Waals surface area contributed by atoms with E-state index in [9.17, 15) is 5.26 Å². The topological polar surface area (TPSA) is 59.7 Å². The molecule has 0 radical (unpaired) electrons. The Hall–Kier alpha value is -2.34. The van der Waals surface area contributed by atoms with Crippen LogP contribution in [-0.4, -0.2) is 5.71 Å². The van der Waals surface area contributed by atoms with E-state index in [1.165, 1.54) is 22.3 Å². The summed E-state index contributed by atoms with van der Waals surface area (Å²) in [6.45, 7) is 22.6. The summed E-state index contributed by atoms with van der Waals surface area (Å²) in [5.41, 5.74) is 7.38. The molecule has 176 valence electrons. The molecule has 2 N–H and O–H groups in total. The maximum absolute atomic E-state index is 9.75. The molecule has 2 unspecified atom stereocenters. The minimum Gasteiger partial charge on any atom is -0.374 e. The van der Waals surface area contributed by atoms with Gasteiger partial charge in [-0.1, -0.05) is 67.5 Å². The molecule has 0 saturated heterocycles. The highest BCUT2D eigenvalue weighted by atomic mass is 15.0. The molecule has 0 fully saturated rings. The number of fused-ring (bicyclic) bond motifs is 6. The summed E-state index contributed by atoms with van der Waals surface area (Å²) >= 11 is 0. The van der Waals surface area contributed by atoms with Gasteiger partial charge in [-0.05, 0) is 77.3 Å². The Morgan fingerprint density at radius 2 is 1.58 bits per heavy atom. The first-order valence-electron chi connectivity index (χ1n) is 12.5. The maximum atomic E-state index is 9.75. The molecule has 3 nitrogen and oxygen atoms in total. The Morgan fingerprint density at radius 1 is 1.00 bits per heavy atom. The predicted molar refractivity (Wildman–Crippen MR) is 138 cm³/mol. The quantitative estimate of drug-likeness (QED) is 0.477. The van der Waals surface area contributed by atoms with Crippen molar-refractivity contribution in [2.45, 2.75) is 98.4 Å². The zero-order valence-electron chi connectivity index (χ0n) is 22.2. The fraction of sp³-hybridized carbons (Fsp3) is 0.600. The van der Waals surface area contributed by atoms with Gasteiger partial charge >= 0.3 is 0 Å². The lowest BCUT2D eigenvalue weighted by Gasteiger charge is -2.44. The second-order valence-electron chi connectivity index (χ2n) is 12.5. The second-order valence-corrected chi connectivity index (χ2v) is 12.5. The van der Waals surface area contributed by atoms with Gasteiger partial charge in [0.1, 0.15) is 0 Å². The lowest BCUT2D eigenvalue weighted by molar-refractivity contribution is 0.125. The van der Waals surface area contributed by atoms with Gasteiger partial charge in [0.25, 0.3) is 0 Å². The highest BCUT2D eigenvalue weighted by Gasteiger charge is 2.58. The van der Waals surface area contributed by atoms with Crippen molar-refractivity contribution in [2.24, 2.45) is 16.7 Å². The van der Waals surface area contributed by atoms with Gasteiger partial charge in [-0.2, -0.15) is 5.26 Å². The second kappa shape index (κ2) is 6.84. The zero-order valence-corrected chi connectivity index (χ0v) is 22.2. The van der Waals surface area contributed by atoms with Gasteiger partial charge in [-0.3, -0.25) is 0 Å². The van der Waals surface area contributed by atoms with Crippen molar-refractivity contribution in [3.63, 3.8) is 0 Å². The lowest BCUT2D eigenvalue weighted by atomic mass is 9.59. The summed E-state index contributed by atoms with van der Waals surface area (Å²) in [6, 6.07) is 7.32. The minimum atomic E-state index is -0.812. The first kappa shape index (κ1) is 23.8. The number of hydrogen-bond donors (Lipinski definition) is 2. The SMILES string of the molecule is CCC1C(C(=N)C(C)(C)C#N)=CC=C2NC1(CC)c1cc3c(cc12)C(C)(C)C(C)(C)C3(C)C. The van der Waals surface area contributed by atoms with Crippen LogP contribution in [0.3, 0.4) is 0 Å². The third kappa shape index (κ3) is 2.70. The van der Waals surface area contributed by atoms with Crippen LogP contribution >= 0.6 is 0 Å². The van der Waals surface area contributed by atoms with E-state index in [1.54, 1.807) is 0 Å². The monoisotopic (exact) mass is 443 g/mol. The fourth-order valence-electron chi connectivity index (χ4n) is 6.78. The van der Waals surface area contributed by atoms with E-state index < -0.39 is 5.41 Å². The van der Waals surface area contributed by atoms with Gasteiger partial charge in [0.2, 0.25) is 0 Å². The molecule has 1 aromatic carbocycles. The number of benzene rings is 1. The molecule has 0 aromatic heterocycles. The van der Waals surface area contributed by atoms with Gasteiger partial charge in [0, 0.05) is 17.2 Å². The molecule has 1 aliphatic carbocycles. The summed E-state index contributed by atoms with van der Waals surface area (Å²) in [5.74, 6) is 0.126. The average Bonchev–Trinajstić information content (AvgIpc) is 3.01. The number of nitriles is 1. The van der Waals surface area contributed by atoms with Crippen LogP contribution in [0.15, 0.2) is 29.9 Å². The van der Waals surface area contributed by atoms with Crippen LogP contribution in [-0.2, 0) is 16.4 Å². The van der Waals surface area contributed by atoms with Crippen molar-refractivity contribution in [3.05, 3.63) is 52.1 Å². The highest BCUT2D eigenvalue weighted by molar-refractivity contribution is 6.05. The Balaban J connectivity index is 2.00. The number of rotatable bonds is 4. The molecule has 2 aliphatic heterocycles. The van der Waals surface area contributed by atoms with Crippen LogP contribution in [0.2, 0.25) is 0 Å². The van der Waals surface area contributed by atoms with Crippen molar-refractivity contribution >= 4 is 11.4 Å². The molecule has 3 heteroatoms. The molecule has 2 bridgehead atoms. The number of allylic oxidation sites excluding steroid dienone is 2.